The number of aromatic nitrogens is 2. The first-order valence-electron chi connectivity index (χ1n) is 4.77. The maximum Gasteiger partial charge on any atom is 0.246 e. The molecule has 1 aliphatic rings. The molecule has 1 aliphatic carbocycles. The zero-order chi connectivity index (χ0) is 10.0. The van der Waals surface area contributed by atoms with Gasteiger partial charge in [0.1, 0.15) is 0 Å². The van der Waals surface area contributed by atoms with E-state index in [1.807, 2.05) is 7.05 Å². The number of aromatic amines is 1. The Kier molecular flexibility index (Phi) is 2.25. The predicted molar refractivity (Wildman–Crippen MR) is 52.9 cm³/mol. The molecule has 3 N–H and O–H groups in total. The van der Waals surface area contributed by atoms with Gasteiger partial charge in [-0.1, -0.05) is 0 Å². The molecule has 0 atom stereocenters. The van der Waals surface area contributed by atoms with Gasteiger partial charge < -0.3 is 10.3 Å². The van der Waals surface area contributed by atoms with Gasteiger partial charge in [0.05, 0.1) is 5.54 Å². The summed E-state index contributed by atoms with van der Waals surface area (Å²) < 4.78 is 0. The van der Waals surface area contributed by atoms with Crippen LogP contribution in [0.5, 0.6) is 0 Å². The van der Waals surface area contributed by atoms with Gasteiger partial charge in [0.15, 0.2) is 0 Å². The second-order valence-electron chi connectivity index (χ2n) is 3.58. The summed E-state index contributed by atoms with van der Waals surface area (Å²) >= 11 is 0. The quantitative estimate of drug-likeness (QED) is 0.656. The molecular formula is C9H14N4O. The van der Waals surface area contributed by atoms with Gasteiger partial charge >= 0.3 is 0 Å². The van der Waals surface area contributed by atoms with Gasteiger partial charge in [-0.25, -0.2) is 4.98 Å². The number of hydrogen-bond acceptors (Lipinski definition) is 3. The predicted octanol–water partition coefficient (Wildman–Crippen LogP) is 0.490. The summed E-state index contributed by atoms with van der Waals surface area (Å²) in [5.41, 5.74) is -0.368. The molecule has 1 aromatic heterocycles. The summed E-state index contributed by atoms with van der Waals surface area (Å²) in [4.78, 5) is 18.6. The number of imidazole rings is 1. The van der Waals surface area contributed by atoms with Crippen molar-refractivity contribution >= 4 is 11.9 Å². The number of anilines is 1. The van der Waals surface area contributed by atoms with Gasteiger partial charge in [-0.15, -0.1) is 0 Å². The number of rotatable bonds is 3. The molecule has 1 aromatic rings. The van der Waals surface area contributed by atoms with Crippen molar-refractivity contribution in [1.29, 1.82) is 0 Å². The summed E-state index contributed by atoms with van der Waals surface area (Å²) in [7, 11) is 1.82. The van der Waals surface area contributed by atoms with E-state index in [4.69, 9.17) is 0 Å². The molecule has 76 valence electrons. The summed E-state index contributed by atoms with van der Waals surface area (Å²) in [6, 6.07) is 0. The third-order valence-corrected chi connectivity index (χ3v) is 2.85. The first-order chi connectivity index (χ1) is 6.77. The molecule has 1 heterocycles. The van der Waals surface area contributed by atoms with Crippen molar-refractivity contribution in [2.24, 2.45) is 0 Å². The second kappa shape index (κ2) is 3.42. The molecule has 0 bridgehead atoms. The highest BCUT2D eigenvalue weighted by Crippen LogP contribution is 2.32. The molecule has 0 aromatic carbocycles. The van der Waals surface area contributed by atoms with Crippen LogP contribution in [0.2, 0.25) is 0 Å². The maximum absolute atomic E-state index is 11.8. The van der Waals surface area contributed by atoms with Crippen molar-refractivity contribution in [3.8, 4) is 0 Å². The van der Waals surface area contributed by atoms with Gasteiger partial charge in [0.2, 0.25) is 11.9 Å². The minimum atomic E-state index is -0.368. The van der Waals surface area contributed by atoms with E-state index in [1.54, 1.807) is 12.4 Å². The Bertz CT molecular complexity index is 310. The van der Waals surface area contributed by atoms with E-state index in [0.29, 0.717) is 5.95 Å². The fourth-order valence-corrected chi connectivity index (χ4v) is 1.68. The number of carbonyl (C=O) groups is 1. The Labute approximate surface area is 82.3 Å². The smallest absolute Gasteiger partial charge is 0.246 e. The van der Waals surface area contributed by atoms with E-state index in [-0.39, 0.29) is 11.4 Å². The largest absolute Gasteiger partial charge is 0.331 e. The molecule has 1 amide bonds. The third-order valence-electron chi connectivity index (χ3n) is 2.85. The summed E-state index contributed by atoms with van der Waals surface area (Å²) in [6.45, 7) is 0. The number of H-pyrrole nitrogens is 1. The Hall–Kier alpha value is -1.36. The molecule has 1 saturated carbocycles. The van der Waals surface area contributed by atoms with Crippen molar-refractivity contribution < 1.29 is 4.79 Å². The van der Waals surface area contributed by atoms with Gasteiger partial charge in [0, 0.05) is 12.4 Å². The van der Waals surface area contributed by atoms with E-state index in [1.165, 1.54) is 0 Å². The molecule has 14 heavy (non-hydrogen) atoms. The van der Waals surface area contributed by atoms with Crippen molar-refractivity contribution in [1.82, 2.24) is 15.3 Å². The van der Waals surface area contributed by atoms with E-state index < -0.39 is 0 Å². The first-order valence-corrected chi connectivity index (χ1v) is 4.77. The average molecular weight is 194 g/mol. The first kappa shape index (κ1) is 9.21. The Morgan fingerprint density at radius 1 is 1.64 bits per heavy atom. The number of nitrogens with one attached hydrogen (secondary N) is 3. The highest BCUT2D eigenvalue weighted by molar-refractivity contribution is 5.97. The molecule has 0 aliphatic heterocycles. The van der Waals surface area contributed by atoms with Gasteiger partial charge in [-0.3, -0.25) is 10.1 Å². The molecule has 0 saturated heterocycles. The zero-order valence-corrected chi connectivity index (χ0v) is 8.13. The lowest BCUT2D eigenvalue weighted by Gasteiger charge is -2.39. The van der Waals surface area contributed by atoms with Crippen LogP contribution in [0.25, 0.3) is 0 Å². The van der Waals surface area contributed by atoms with Gasteiger partial charge in [0.25, 0.3) is 0 Å². The summed E-state index contributed by atoms with van der Waals surface area (Å²) in [5, 5.41) is 5.82. The van der Waals surface area contributed by atoms with Crippen LogP contribution in [0.3, 0.4) is 0 Å². The minimum absolute atomic E-state index is 0.00111. The standard InChI is InChI=1S/C9H14N4O/c1-10-9(3-2-4-9)7(14)13-8-11-5-6-12-8/h5-6,10H,2-4H2,1H3,(H2,11,12,13,14). The van der Waals surface area contributed by atoms with Crippen LogP contribution in [0, 0.1) is 0 Å². The SMILES string of the molecule is CNC1(C(=O)Nc2ncc[nH]2)CCC1. The molecule has 0 unspecified atom stereocenters. The number of amides is 1. The minimum Gasteiger partial charge on any atom is -0.331 e. The van der Waals surface area contributed by atoms with Crippen molar-refractivity contribution in [2.75, 3.05) is 12.4 Å². The van der Waals surface area contributed by atoms with Crippen LogP contribution in [0.4, 0.5) is 5.95 Å². The van der Waals surface area contributed by atoms with E-state index >= 15 is 0 Å². The molecule has 1 fully saturated rings. The van der Waals surface area contributed by atoms with Crippen molar-refractivity contribution in [3.05, 3.63) is 12.4 Å². The molecule has 2 rings (SSSR count). The fraction of sp³-hybridized carbons (Fsp3) is 0.556. The van der Waals surface area contributed by atoms with Crippen LogP contribution in [0.1, 0.15) is 19.3 Å². The number of carbonyl (C=O) groups excluding carboxylic acids is 1. The summed E-state index contributed by atoms with van der Waals surface area (Å²) in [5.74, 6) is 0.512. The lowest BCUT2D eigenvalue weighted by atomic mass is 9.76. The van der Waals surface area contributed by atoms with Crippen LogP contribution >= 0.6 is 0 Å². The average Bonchev–Trinajstić information content (AvgIpc) is 2.55. The van der Waals surface area contributed by atoms with Gasteiger partial charge in [-0.2, -0.15) is 0 Å². The zero-order valence-electron chi connectivity index (χ0n) is 8.13. The highest BCUT2D eigenvalue weighted by Gasteiger charge is 2.42. The lowest BCUT2D eigenvalue weighted by molar-refractivity contribution is -0.125. The number of hydrogen-bond donors (Lipinski definition) is 3. The van der Waals surface area contributed by atoms with Crippen LogP contribution in [-0.2, 0) is 4.79 Å². The van der Waals surface area contributed by atoms with Crippen LogP contribution in [0.15, 0.2) is 12.4 Å². The topological polar surface area (TPSA) is 69.8 Å². The normalized spacial score (nSPS) is 18.6. The van der Waals surface area contributed by atoms with Crippen LogP contribution in [-0.4, -0.2) is 28.5 Å². The van der Waals surface area contributed by atoms with E-state index in [2.05, 4.69) is 20.6 Å². The fourth-order valence-electron chi connectivity index (χ4n) is 1.68. The second-order valence-corrected chi connectivity index (χ2v) is 3.58. The molecular weight excluding hydrogens is 180 g/mol. The summed E-state index contributed by atoms with van der Waals surface area (Å²) in [6.07, 6.45) is 6.20. The number of likely N-dealkylation sites (N-methyl/N-ethyl adjacent to an activating group) is 1. The monoisotopic (exact) mass is 194 g/mol. The lowest BCUT2D eigenvalue weighted by Crippen LogP contribution is -2.58. The van der Waals surface area contributed by atoms with Crippen molar-refractivity contribution in [3.63, 3.8) is 0 Å². The van der Waals surface area contributed by atoms with Gasteiger partial charge in [-0.05, 0) is 26.3 Å². The molecule has 5 nitrogen and oxygen atoms in total. The highest BCUT2D eigenvalue weighted by atomic mass is 16.2. The van der Waals surface area contributed by atoms with E-state index in [9.17, 15) is 4.79 Å². The Balaban J connectivity index is 2.01. The molecule has 0 radical (unpaired) electrons. The van der Waals surface area contributed by atoms with Crippen LogP contribution < -0.4 is 10.6 Å². The molecule has 0 spiro atoms. The Morgan fingerprint density at radius 3 is 2.86 bits per heavy atom. The third kappa shape index (κ3) is 1.39. The maximum atomic E-state index is 11.8. The van der Waals surface area contributed by atoms with Crippen molar-refractivity contribution in [2.45, 2.75) is 24.8 Å². The molecule has 5 heteroatoms. The van der Waals surface area contributed by atoms with E-state index in [0.717, 1.165) is 19.3 Å². The number of nitrogens with zero attached hydrogens (tertiary/aromatic N) is 1. The Morgan fingerprint density at radius 2 is 2.43 bits per heavy atom.